The largest absolute Gasteiger partial charge is 0.480 e. The van der Waals surface area contributed by atoms with Crippen LogP contribution in [0.4, 0.5) is 13.2 Å². The van der Waals surface area contributed by atoms with Gasteiger partial charge in [-0.25, -0.2) is 0 Å². The number of ether oxygens (including phenoxy) is 1. The van der Waals surface area contributed by atoms with E-state index in [4.69, 9.17) is 5.11 Å². The highest BCUT2D eigenvalue weighted by Gasteiger charge is 2.27. The molecular weight excluding hydrogens is 221 g/mol. The fraction of sp³-hybridized carbons (Fsp3) is 0.857. The zero-order valence-electron chi connectivity index (χ0n) is 7.50. The molecule has 1 atom stereocenters. The van der Waals surface area contributed by atoms with E-state index in [1.54, 1.807) is 0 Å². The average Bonchev–Trinajstić information content (AvgIpc) is 2.01. The predicted molar refractivity (Wildman–Crippen MR) is 46.4 cm³/mol. The second-order valence-electron chi connectivity index (χ2n) is 2.52. The van der Waals surface area contributed by atoms with Crippen molar-refractivity contribution in [3.8, 4) is 0 Å². The Kier molecular flexibility index (Phi) is 5.94. The van der Waals surface area contributed by atoms with E-state index in [-0.39, 0.29) is 12.4 Å². The van der Waals surface area contributed by atoms with Gasteiger partial charge in [-0.3, -0.25) is 4.79 Å². The maximum atomic E-state index is 11.5. The van der Waals surface area contributed by atoms with Gasteiger partial charge in [-0.15, -0.1) is 11.8 Å². The van der Waals surface area contributed by atoms with Gasteiger partial charge in [0.1, 0.15) is 6.61 Å². The molecule has 0 amide bonds. The zero-order valence-corrected chi connectivity index (χ0v) is 8.32. The van der Waals surface area contributed by atoms with E-state index >= 15 is 0 Å². The molecule has 0 heterocycles. The number of aliphatic carboxylic acids is 1. The van der Waals surface area contributed by atoms with Crippen LogP contribution in [0, 0.1) is 0 Å². The van der Waals surface area contributed by atoms with Crippen molar-refractivity contribution in [2.75, 3.05) is 19.0 Å². The van der Waals surface area contributed by atoms with Crippen molar-refractivity contribution in [2.45, 2.75) is 18.3 Å². The van der Waals surface area contributed by atoms with Gasteiger partial charge in [0, 0.05) is 5.75 Å². The fourth-order valence-electron chi connectivity index (χ4n) is 0.543. The van der Waals surface area contributed by atoms with Crippen LogP contribution in [0.2, 0.25) is 0 Å². The van der Waals surface area contributed by atoms with Crippen LogP contribution >= 0.6 is 11.8 Å². The summed E-state index contributed by atoms with van der Waals surface area (Å²) in [6.07, 6.45) is -4.32. The van der Waals surface area contributed by atoms with Crippen LogP contribution in [0.5, 0.6) is 0 Å². The number of halogens is 3. The minimum absolute atomic E-state index is 0.0954. The molecule has 7 heteroatoms. The van der Waals surface area contributed by atoms with Gasteiger partial charge in [0.05, 0.1) is 11.9 Å². The first-order valence-corrected chi connectivity index (χ1v) is 4.86. The Morgan fingerprint density at radius 2 is 2.14 bits per heavy atom. The molecule has 0 bridgehead atoms. The van der Waals surface area contributed by atoms with Crippen molar-refractivity contribution >= 4 is 17.7 Å². The summed E-state index contributed by atoms with van der Waals surface area (Å²) in [6.45, 7) is 0.0908. The average molecular weight is 232 g/mol. The molecule has 0 aliphatic carbocycles. The van der Waals surface area contributed by atoms with Crippen LogP contribution in [-0.2, 0) is 9.53 Å². The number of carboxylic acids is 1. The number of hydrogen-bond acceptors (Lipinski definition) is 3. The predicted octanol–water partition coefficient (Wildman–Crippen LogP) is 1.77. The van der Waals surface area contributed by atoms with Crippen LogP contribution in [0.25, 0.3) is 0 Å². The third-order valence-electron chi connectivity index (χ3n) is 1.21. The van der Waals surface area contributed by atoms with Gasteiger partial charge in [-0.1, -0.05) is 0 Å². The second kappa shape index (κ2) is 6.13. The molecule has 0 fully saturated rings. The molecule has 0 rings (SSSR count). The van der Waals surface area contributed by atoms with Crippen LogP contribution in [-0.4, -0.2) is 41.5 Å². The SMILES string of the molecule is CC(SCCOCC(F)(F)F)C(=O)O. The van der Waals surface area contributed by atoms with Gasteiger partial charge < -0.3 is 9.84 Å². The quantitative estimate of drug-likeness (QED) is 0.709. The number of alkyl halides is 3. The van der Waals surface area contributed by atoms with Crippen molar-refractivity contribution in [1.82, 2.24) is 0 Å². The van der Waals surface area contributed by atoms with Gasteiger partial charge in [-0.2, -0.15) is 13.2 Å². The lowest BCUT2D eigenvalue weighted by Crippen LogP contribution is -2.19. The Balaban J connectivity index is 3.35. The Morgan fingerprint density at radius 3 is 2.57 bits per heavy atom. The van der Waals surface area contributed by atoms with E-state index in [9.17, 15) is 18.0 Å². The summed E-state index contributed by atoms with van der Waals surface area (Å²) < 4.78 is 38.9. The van der Waals surface area contributed by atoms with E-state index in [1.165, 1.54) is 6.92 Å². The van der Waals surface area contributed by atoms with E-state index in [0.29, 0.717) is 0 Å². The van der Waals surface area contributed by atoms with E-state index in [0.717, 1.165) is 11.8 Å². The lowest BCUT2D eigenvalue weighted by atomic mass is 10.5. The molecule has 1 unspecified atom stereocenters. The van der Waals surface area contributed by atoms with Gasteiger partial charge in [-0.05, 0) is 6.92 Å². The molecule has 1 N–H and O–H groups in total. The van der Waals surface area contributed by atoms with Crippen molar-refractivity contribution in [1.29, 1.82) is 0 Å². The summed E-state index contributed by atoms with van der Waals surface area (Å²) in [5.41, 5.74) is 0. The van der Waals surface area contributed by atoms with Crippen molar-refractivity contribution in [3.63, 3.8) is 0 Å². The lowest BCUT2D eigenvalue weighted by molar-refractivity contribution is -0.172. The molecular formula is C7H11F3O3S. The maximum absolute atomic E-state index is 11.5. The molecule has 3 nitrogen and oxygen atoms in total. The Bertz CT molecular complexity index is 184. The molecule has 0 aromatic heterocycles. The summed E-state index contributed by atoms with van der Waals surface area (Å²) in [4.78, 5) is 10.3. The van der Waals surface area contributed by atoms with Gasteiger partial charge in [0.25, 0.3) is 0 Å². The molecule has 0 aliphatic heterocycles. The first-order valence-electron chi connectivity index (χ1n) is 3.82. The number of hydrogen-bond donors (Lipinski definition) is 1. The van der Waals surface area contributed by atoms with E-state index in [2.05, 4.69) is 4.74 Å². The second-order valence-corrected chi connectivity index (χ2v) is 3.97. The summed E-state index contributed by atoms with van der Waals surface area (Å²) >= 11 is 1.04. The van der Waals surface area contributed by atoms with Crippen LogP contribution in [0.1, 0.15) is 6.92 Å². The monoisotopic (exact) mass is 232 g/mol. The highest BCUT2D eigenvalue weighted by atomic mass is 32.2. The molecule has 0 saturated carbocycles. The van der Waals surface area contributed by atoms with E-state index < -0.39 is 24.0 Å². The molecule has 0 spiro atoms. The van der Waals surface area contributed by atoms with Crippen molar-refractivity contribution in [3.05, 3.63) is 0 Å². The molecule has 0 aliphatic rings. The standard InChI is InChI=1S/C7H11F3O3S/c1-5(6(11)12)14-3-2-13-4-7(8,9)10/h5H,2-4H2,1H3,(H,11,12). The van der Waals surface area contributed by atoms with Crippen LogP contribution in [0.3, 0.4) is 0 Å². The third-order valence-corrected chi connectivity index (χ3v) is 2.31. The maximum Gasteiger partial charge on any atom is 0.411 e. The highest BCUT2D eigenvalue weighted by molar-refractivity contribution is 8.00. The highest BCUT2D eigenvalue weighted by Crippen LogP contribution is 2.15. The Morgan fingerprint density at radius 1 is 1.57 bits per heavy atom. The number of rotatable bonds is 6. The molecule has 0 aromatic rings. The summed E-state index contributed by atoms with van der Waals surface area (Å²) in [6, 6.07) is 0. The van der Waals surface area contributed by atoms with Gasteiger partial charge in [0.15, 0.2) is 0 Å². The first kappa shape index (κ1) is 13.6. The molecule has 84 valence electrons. The number of thioether (sulfide) groups is 1. The van der Waals surface area contributed by atoms with Crippen LogP contribution in [0.15, 0.2) is 0 Å². The third kappa shape index (κ3) is 8.18. The molecule has 14 heavy (non-hydrogen) atoms. The Hall–Kier alpha value is -0.430. The van der Waals surface area contributed by atoms with Crippen LogP contribution < -0.4 is 0 Å². The van der Waals surface area contributed by atoms with Crippen molar-refractivity contribution in [2.24, 2.45) is 0 Å². The molecule has 0 saturated heterocycles. The summed E-state index contributed by atoms with van der Waals surface area (Å²) in [5, 5.41) is 7.81. The van der Waals surface area contributed by atoms with E-state index in [1.807, 2.05) is 0 Å². The number of carbonyl (C=O) groups is 1. The first-order chi connectivity index (χ1) is 6.33. The molecule has 0 radical (unpaired) electrons. The normalized spacial score (nSPS) is 14.0. The van der Waals surface area contributed by atoms with Gasteiger partial charge >= 0.3 is 12.1 Å². The minimum Gasteiger partial charge on any atom is -0.480 e. The zero-order chi connectivity index (χ0) is 11.2. The smallest absolute Gasteiger partial charge is 0.411 e. The van der Waals surface area contributed by atoms with Crippen molar-refractivity contribution < 1.29 is 27.8 Å². The molecule has 0 aromatic carbocycles. The van der Waals surface area contributed by atoms with Gasteiger partial charge in [0.2, 0.25) is 0 Å². The topological polar surface area (TPSA) is 46.5 Å². The summed E-state index contributed by atoms with van der Waals surface area (Å²) in [7, 11) is 0. The number of carboxylic acid groups (broad SMARTS) is 1. The summed E-state index contributed by atoms with van der Waals surface area (Å²) in [5.74, 6) is -0.741. The fourth-order valence-corrected chi connectivity index (χ4v) is 1.25. The lowest BCUT2D eigenvalue weighted by Gasteiger charge is -2.08. The Labute approximate surface area is 83.6 Å². The minimum atomic E-state index is -4.32.